The zero-order valence-electron chi connectivity index (χ0n) is 11.8. The lowest BCUT2D eigenvalue weighted by molar-refractivity contribution is 0.210. The third kappa shape index (κ3) is 3.61. The van der Waals surface area contributed by atoms with E-state index in [9.17, 15) is 9.59 Å². The topological polar surface area (TPSA) is 97.1 Å². The SMILES string of the molecule is O=C(O)Nc1cccc(Cn2nc(-c3nccs3)ccc2=O)c1. The number of carbonyl (C=O) groups is 1. The fraction of sp³-hybridized carbons (Fsp3) is 0.0667. The van der Waals surface area contributed by atoms with E-state index in [2.05, 4.69) is 15.4 Å². The first kappa shape index (κ1) is 14.9. The summed E-state index contributed by atoms with van der Waals surface area (Å²) >= 11 is 1.44. The van der Waals surface area contributed by atoms with Gasteiger partial charge in [-0.05, 0) is 23.8 Å². The number of thiazole rings is 1. The molecule has 23 heavy (non-hydrogen) atoms. The van der Waals surface area contributed by atoms with Crippen LogP contribution < -0.4 is 10.9 Å². The second kappa shape index (κ2) is 6.41. The fourth-order valence-electron chi connectivity index (χ4n) is 2.07. The average Bonchev–Trinajstić information content (AvgIpc) is 3.03. The molecule has 0 saturated carbocycles. The summed E-state index contributed by atoms with van der Waals surface area (Å²) in [7, 11) is 0. The summed E-state index contributed by atoms with van der Waals surface area (Å²) in [6.07, 6.45) is 0.543. The minimum absolute atomic E-state index is 0.234. The van der Waals surface area contributed by atoms with E-state index in [0.717, 1.165) is 10.6 Å². The van der Waals surface area contributed by atoms with Gasteiger partial charge in [-0.2, -0.15) is 5.10 Å². The van der Waals surface area contributed by atoms with Crippen LogP contribution in [0.1, 0.15) is 5.56 Å². The van der Waals surface area contributed by atoms with Crippen LogP contribution in [-0.4, -0.2) is 26.0 Å². The highest BCUT2D eigenvalue weighted by Crippen LogP contribution is 2.18. The largest absolute Gasteiger partial charge is 0.465 e. The zero-order valence-corrected chi connectivity index (χ0v) is 12.7. The summed E-state index contributed by atoms with van der Waals surface area (Å²) < 4.78 is 1.33. The quantitative estimate of drug-likeness (QED) is 0.767. The Morgan fingerprint density at radius 2 is 2.17 bits per heavy atom. The van der Waals surface area contributed by atoms with E-state index in [1.54, 1.807) is 36.5 Å². The fourth-order valence-corrected chi connectivity index (χ4v) is 2.67. The highest BCUT2D eigenvalue weighted by Gasteiger charge is 2.07. The Kier molecular flexibility index (Phi) is 4.15. The summed E-state index contributed by atoms with van der Waals surface area (Å²) in [6.45, 7) is 0.243. The number of benzene rings is 1. The Bertz CT molecular complexity index is 890. The first-order valence-electron chi connectivity index (χ1n) is 6.69. The molecule has 0 fully saturated rings. The first-order chi connectivity index (χ1) is 11.1. The molecule has 8 heteroatoms. The van der Waals surface area contributed by atoms with Gasteiger partial charge in [0.2, 0.25) is 0 Å². The standard InChI is InChI=1S/C15H12N4O3S/c20-13-5-4-12(14-16-6-7-23-14)18-19(13)9-10-2-1-3-11(8-10)17-15(21)22/h1-8,17H,9H2,(H,21,22). The molecule has 7 nitrogen and oxygen atoms in total. The Labute approximate surface area is 134 Å². The van der Waals surface area contributed by atoms with E-state index in [1.807, 2.05) is 5.38 Å². The predicted octanol–water partition coefficient (Wildman–Crippen LogP) is 2.51. The lowest BCUT2D eigenvalue weighted by Crippen LogP contribution is -2.22. The van der Waals surface area contributed by atoms with E-state index >= 15 is 0 Å². The Morgan fingerprint density at radius 3 is 2.91 bits per heavy atom. The molecule has 0 aliphatic carbocycles. The van der Waals surface area contributed by atoms with Crippen molar-refractivity contribution in [3.8, 4) is 10.7 Å². The molecule has 2 heterocycles. The predicted molar refractivity (Wildman–Crippen MR) is 86.8 cm³/mol. The summed E-state index contributed by atoms with van der Waals surface area (Å²) in [6, 6.07) is 9.91. The number of hydrogen-bond donors (Lipinski definition) is 2. The summed E-state index contributed by atoms with van der Waals surface area (Å²) in [4.78, 5) is 26.8. The van der Waals surface area contributed by atoms with Crippen LogP contribution in [0.25, 0.3) is 10.7 Å². The maximum Gasteiger partial charge on any atom is 0.409 e. The molecule has 0 bridgehead atoms. The second-order valence-electron chi connectivity index (χ2n) is 4.68. The van der Waals surface area contributed by atoms with Crippen LogP contribution in [0.2, 0.25) is 0 Å². The van der Waals surface area contributed by atoms with Gasteiger partial charge in [-0.25, -0.2) is 14.5 Å². The number of carboxylic acid groups (broad SMARTS) is 1. The molecule has 3 rings (SSSR count). The number of anilines is 1. The third-order valence-corrected chi connectivity index (χ3v) is 3.82. The van der Waals surface area contributed by atoms with Gasteiger partial charge in [-0.3, -0.25) is 10.1 Å². The van der Waals surface area contributed by atoms with E-state index in [1.165, 1.54) is 22.1 Å². The molecule has 0 spiro atoms. The van der Waals surface area contributed by atoms with E-state index in [0.29, 0.717) is 11.4 Å². The van der Waals surface area contributed by atoms with Crippen LogP contribution in [0.3, 0.4) is 0 Å². The van der Waals surface area contributed by atoms with Gasteiger partial charge >= 0.3 is 6.09 Å². The lowest BCUT2D eigenvalue weighted by atomic mass is 10.2. The number of amides is 1. The minimum Gasteiger partial charge on any atom is -0.465 e. The van der Waals surface area contributed by atoms with Gasteiger partial charge in [0.1, 0.15) is 10.7 Å². The van der Waals surface area contributed by atoms with Crippen molar-refractivity contribution in [2.75, 3.05) is 5.32 Å². The van der Waals surface area contributed by atoms with Crippen LogP contribution in [0.5, 0.6) is 0 Å². The molecule has 0 unspecified atom stereocenters. The summed E-state index contributed by atoms with van der Waals surface area (Å²) in [5.74, 6) is 0. The number of aromatic nitrogens is 3. The minimum atomic E-state index is -1.14. The van der Waals surface area contributed by atoms with Crippen molar-refractivity contribution in [2.45, 2.75) is 6.54 Å². The van der Waals surface area contributed by atoms with Gasteiger partial charge < -0.3 is 5.11 Å². The molecule has 116 valence electrons. The molecular weight excluding hydrogens is 316 g/mol. The van der Waals surface area contributed by atoms with Gasteiger partial charge in [0.05, 0.1) is 6.54 Å². The van der Waals surface area contributed by atoms with E-state index in [4.69, 9.17) is 5.11 Å². The van der Waals surface area contributed by atoms with Crippen LogP contribution >= 0.6 is 11.3 Å². The molecule has 2 aromatic heterocycles. The van der Waals surface area contributed by atoms with Gasteiger partial charge in [0.15, 0.2) is 0 Å². The molecule has 0 aliphatic heterocycles. The number of nitrogens with one attached hydrogen (secondary N) is 1. The highest BCUT2D eigenvalue weighted by atomic mass is 32.1. The second-order valence-corrected chi connectivity index (χ2v) is 5.58. The third-order valence-electron chi connectivity index (χ3n) is 3.03. The van der Waals surface area contributed by atoms with Crippen LogP contribution in [0.15, 0.2) is 52.8 Å². The number of nitrogens with zero attached hydrogens (tertiary/aromatic N) is 3. The summed E-state index contributed by atoms with van der Waals surface area (Å²) in [5.41, 5.74) is 1.60. The zero-order chi connectivity index (χ0) is 16.2. The van der Waals surface area contributed by atoms with Crippen LogP contribution in [-0.2, 0) is 6.54 Å². The molecule has 0 radical (unpaired) electrons. The van der Waals surface area contributed by atoms with Gasteiger partial charge in [-0.15, -0.1) is 11.3 Å². The van der Waals surface area contributed by atoms with Crippen molar-refractivity contribution in [1.29, 1.82) is 0 Å². The molecule has 0 atom stereocenters. The molecule has 0 aliphatic rings. The lowest BCUT2D eigenvalue weighted by Gasteiger charge is -2.08. The van der Waals surface area contributed by atoms with Gasteiger partial charge in [-0.1, -0.05) is 12.1 Å². The van der Waals surface area contributed by atoms with Crippen molar-refractivity contribution in [3.63, 3.8) is 0 Å². The number of hydrogen-bond acceptors (Lipinski definition) is 5. The van der Waals surface area contributed by atoms with Crippen LogP contribution in [0, 0.1) is 0 Å². The molecule has 0 saturated heterocycles. The van der Waals surface area contributed by atoms with Crippen molar-refractivity contribution < 1.29 is 9.90 Å². The molecule has 3 aromatic rings. The molecule has 2 N–H and O–H groups in total. The van der Waals surface area contributed by atoms with E-state index in [-0.39, 0.29) is 12.1 Å². The van der Waals surface area contributed by atoms with Gasteiger partial charge in [0.25, 0.3) is 5.56 Å². The van der Waals surface area contributed by atoms with Crippen molar-refractivity contribution >= 4 is 23.1 Å². The van der Waals surface area contributed by atoms with Crippen molar-refractivity contribution in [2.24, 2.45) is 0 Å². The monoisotopic (exact) mass is 328 g/mol. The maximum atomic E-state index is 12.0. The maximum absolute atomic E-state index is 12.0. The first-order valence-corrected chi connectivity index (χ1v) is 7.57. The molecular formula is C15H12N4O3S. The Hall–Kier alpha value is -3.00. The summed E-state index contributed by atoms with van der Waals surface area (Å²) in [5, 5.41) is 17.9. The smallest absolute Gasteiger partial charge is 0.409 e. The van der Waals surface area contributed by atoms with Gasteiger partial charge in [0, 0.05) is 23.3 Å². The van der Waals surface area contributed by atoms with Crippen LogP contribution in [0.4, 0.5) is 10.5 Å². The van der Waals surface area contributed by atoms with Crippen molar-refractivity contribution in [3.05, 3.63) is 63.9 Å². The molecule has 1 aromatic carbocycles. The average molecular weight is 328 g/mol. The Morgan fingerprint density at radius 1 is 1.30 bits per heavy atom. The molecule has 1 amide bonds. The van der Waals surface area contributed by atoms with Crippen molar-refractivity contribution in [1.82, 2.24) is 14.8 Å². The highest BCUT2D eigenvalue weighted by molar-refractivity contribution is 7.13. The van der Waals surface area contributed by atoms with E-state index < -0.39 is 6.09 Å². The normalized spacial score (nSPS) is 10.4. The number of rotatable bonds is 4. The Balaban J connectivity index is 1.89.